The van der Waals surface area contributed by atoms with E-state index >= 15 is 0 Å². The van der Waals surface area contributed by atoms with Crippen LogP contribution in [0.4, 0.5) is 10.8 Å². The number of aromatic nitrogens is 1. The normalized spacial score (nSPS) is 20.8. The van der Waals surface area contributed by atoms with Crippen molar-refractivity contribution in [2.24, 2.45) is 4.99 Å². The summed E-state index contributed by atoms with van der Waals surface area (Å²) < 4.78 is 5.65. The number of nitrogens with zero attached hydrogens (tertiary/aromatic N) is 5. The summed E-state index contributed by atoms with van der Waals surface area (Å²) in [6.07, 6.45) is 2.15. The third-order valence-electron chi connectivity index (χ3n) is 5.43. The lowest BCUT2D eigenvalue weighted by Crippen LogP contribution is -2.52. The fourth-order valence-electron chi connectivity index (χ4n) is 3.87. The van der Waals surface area contributed by atoms with E-state index < -0.39 is 0 Å². The lowest BCUT2D eigenvalue weighted by molar-refractivity contribution is 0.0529. The number of morpholine rings is 1. The topological polar surface area (TPSA) is 56.2 Å². The van der Waals surface area contributed by atoms with Crippen LogP contribution in [0.25, 0.3) is 0 Å². The zero-order valence-electron chi connectivity index (χ0n) is 17.3. The number of aliphatic imine (C=N–C) groups is 1. The molecule has 1 N–H and O–H groups in total. The molecule has 2 saturated heterocycles. The van der Waals surface area contributed by atoms with Gasteiger partial charge in [0.05, 0.1) is 17.7 Å². The van der Waals surface area contributed by atoms with Crippen molar-refractivity contribution in [3.63, 3.8) is 0 Å². The van der Waals surface area contributed by atoms with Crippen LogP contribution in [0.2, 0.25) is 0 Å². The molecule has 4 heterocycles. The van der Waals surface area contributed by atoms with Crippen LogP contribution >= 0.6 is 11.3 Å². The van der Waals surface area contributed by atoms with Crippen molar-refractivity contribution in [2.75, 3.05) is 62.7 Å². The third kappa shape index (κ3) is 5.00. The van der Waals surface area contributed by atoms with E-state index in [1.54, 1.807) is 0 Å². The second-order valence-electron chi connectivity index (χ2n) is 7.48. The molecule has 1 unspecified atom stereocenters. The van der Waals surface area contributed by atoms with Crippen molar-refractivity contribution in [2.45, 2.75) is 19.6 Å². The Labute approximate surface area is 177 Å². The van der Waals surface area contributed by atoms with Gasteiger partial charge in [-0.15, -0.1) is 11.3 Å². The second kappa shape index (κ2) is 9.45. The number of piperazine rings is 1. The molecule has 2 aliphatic rings. The first-order valence-corrected chi connectivity index (χ1v) is 11.2. The quantitative estimate of drug-likeness (QED) is 0.612. The van der Waals surface area contributed by atoms with Gasteiger partial charge in [-0.1, -0.05) is 0 Å². The standard InChI is InChI=1S/C21H30N6OS/c1-17-16-27(11-12-28-17)19-14-18(5-6-23-19)15-24-21(22-2)26-9-7-25(8-10-26)20-4-3-13-29-20/h3-6,13-14,17H,7-12,15-16H2,1-2H3,(H,22,24). The highest BCUT2D eigenvalue weighted by Crippen LogP contribution is 2.22. The maximum absolute atomic E-state index is 5.65. The molecule has 0 spiro atoms. The summed E-state index contributed by atoms with van der Waals surface area (Å²) in [5.74, 6) is 1.99. The van der Waals surface area contributed by atoms with Gasteiger partial charge in [0.15, 0.2) is 5.96 Å². The predicted molar refractivity (Wildman–Crippen MR) is 120 cm³/mol. The Bertz CT molecular complexity index is 803. The zero-order valence-corrected chi connectivity index (χ0v) is 18.1. The Morgan fingerprint density at radius 3 is 2.83 bits per heavy atom. The van der Waals surface area contributed by atoms with Gasteiger partial charge < -0.3 is 24.8 Å². The lowest BCUT2D eigenvalue weighted by atomic mass is 10.2. The molecule has 0 saturated carbocycles. The maximum Gasteiger partial charge on any atom is 0.194 e. The first-order chi connectivity index (χ1) is 14.2. The first kappa shape index (κ1) is 20.0. The number of ether oxygens (including phenoxy) is 1. The lowest BCUT2D eigenvalue weighted by Gasteiger charge is -2.37. The molecule has 2 aromatic rings. The number of anilines is 2. The molecule has 0 aromatic carbocycles. The molecule has 2 aliphatic heterocycles. The number of guanidine groups is 1. The van der Waals surface area contributed by atoms with Crippen LogP contribution < -0.4 is 15.1 Å². The molecule has 29 heavy (non-hydrogen) atoms. The predicted octanol–water partition coefficient (Wildman–Crippen LogP) is 2.27. The third-order valence-corrected chi connectivity index (χ3v) is 6.36. The molecule has 2 aromatic heterocycles. The van der Waals surface area contributed by atoms with Gasteiger partial charge in [-0.2, -0.15) is 0 Å². The molecule has 1 atom stereocenters. The average Bonchev–Trinajstić information content (AvgIpc) is 3.30. The largest absolute Gasteiger partial charge is 0.375 e. The van der Waals surface area contributed by atoms with E-state index in [0.29, 0.717) is 0 Å². The highest BCUT2D eigenvalue weighted by atomic mass is 32.1. The molecule has 8 heteroatoms. The van der Waals surface area contributed by atoms with E-state index in [9.17, 15) is 0 Å². The van der Waals surface area contributed by atoms with Crippen LogP contribution in [0.1, 0.15) is 12.5 Å². The van der Waals surface area contributed by atoms with Gasteiger partial charge in [0.2, 0.25) is 0 Å². The Hall–Kier alpha value is -2.32. The molecule has 156 valence electrons. The molecule has 2 fully saturated rings. The molecule has 7 nitrogen and oxygen atoms in total. The molecule has 4 rings (SSSR count). The summed E-state index contributed by atoms with van der Waals surface area (Å²) in [5.41, 5.74) is 1.22. The molecule has 0 amide bonds. The van der Waals surface area contributed by atoms with Gasteiger partial charge in [0.25, 0.3) is 0 Å². The number of hydrogen-bond donors (Lipinski definition) is 1. The van der Waals surface area contributed by atoms with E-state index in [-0.39, 0.29) is 6.10 Å². The minimum absolute atomic E-state index is 0.249. The fraction of sp³-hybridized carbons (Fsp3) is 0.524. The number of hydrogen-bond acceptors (Lipinski definition) is 6. The second-order valence-corrected chi connectivity index (χ2v) is 8.40. The van der Waals surface area contributed by atoms with Gasteiger partial charge in [-0.3, -0.25) is 4.99 Å². The summed E-state index contributed by atoms with van der Waals surface area (Å²) in [6.45, 7) is 9.40. The van der Waals surface area contributed by atoms with Crippen LogP contribution in [0.5, 0.6) is 0 Å². The van der Waals surface area contributed by atoms with Crippen LogP contribution in [0.15, 0.2) is 40.8 Å². The van der Waals surface area contributed by atoms with Gasteiger partial charge in [0.1, 0.15) is 5.82 Å². The van der Waals surface area contributed by atoms with E-state index in [1.807, 2.05) is 24.6 Å². The van der Waals surface area contributed by atoms with Crippen LogP contribution in [-0.2, 0) is 11.3 Å². The zero-order chi connectivity index (χ0) is 20.1. The molecule has 0 aliphatic carbocycles. The Balaban J connectivity index is 1.31. The smallest absolute Gasteiger partial charge is 0.194 e. The van der Waals surface area contributed by atoms with Crippen LogP contribution in [-0.4, -0.2) is 74.9 Å². The van der Waals surface area contributed by atoms with Gasteiger partial charge in [-0.05, 0) is 42.1 Å². The summed E-state index contributed by atoms with van der Waals surface area (Å²) in [6, 6.07) is 8.56. The molecule has 0 radical (unpaired) electrons. The highest BCUT2D eigenvalue weighted by Gasteiger charge is 2.21. The Morgan fingerprint density at radius 2 is 2.10 bits per heavy atom. The summed E-state index contributed by atoms with van der Waals surface area (Å²) in [5, 5.41) is 7.03. The monoisotopic (exact) mass is 414 g/mol. The Kier molecular flexibility index (Phi) is 6.51. The van der Waals surface area contributed by atoms with E-state index in [2.05, 4.69) is 66.6 Å². The van der Waals surface area contributed by atoms with Crippen molar-refractivity contribution < 1.29 is 4.74 Å². The van der Waals surface area contributed by atoms with Crippen molar-refractivity contribution in [1.82, 2.24) is 15.2 Å². The van der Waals surface area contributed by atoms with Crippen LogP contribution in [0, 0.1) is 0 Å². The highest BCUT2D eigenvalue weighted by molar-refractivity contribution is 7.14. The van der Waals surface area contributed by atoms with Crippen molar-refractivity contribution in [3.05, 3.63) is 41.4 Å². The minimum Gasteiger partial charge on any atom is -0.375 e. The van der Waals surface area contributed by atoms with Gasteiger partial charge >= 0.3 is 0 Å². The van der Waals surface area contributed by atoms with E-state index in [0.717, 1.165) is 64.2 Å². The number of pyridine rings is 1. The number of nitrogens with one attached hydrogen (secondary N) is 1. The SMILES string of the molecule is CN=C(NCc1ccnc(N2CCOC(C)C2)c1)N1CCN(c2cccs2)CC1. The summed E-state index contributed by atoms with van der Waals surface area (Å²) in [4.78, 5) is 16.2. The van der Waals surface area contributed by atoms with E-state index in [1.165, 1.54) is 10.6 Å². The average molecular weight is 415 g/mol. The van der Waals surface area contributed by atoms with Gasteiger partial charge in [-0.25, -0.2) is 4.98 Å². The van der Waals surface area contributed by atoms with Crippen LogP contribution in [0.3, 0.4) is 0 Å². The first-order valence-electron chi connectivity index (χ1n) is 10.3. The molecular formula is C21H30N6OS. The maximum atomic E-state index is 5.65. The molecule has 0 bridgehead atoms. The fourth-order valence-corrected chi connectivity index (χ4v) is 4.66. The van der Waals surface area contributed by atoms with Crippen molar-refractivity contribution >= 4 is 28.1 Å². The van der Waals surface area contributed by atoms with E-state index in [4.69, 9.17) is 4.74 Å². The van der Waals surface area contributed by atoms with Crippen molar-refractivity contribution in [1.29, 1.82) is 0 Å². The summed E-state index contributed by atoms with van der Waals surface area (Å²) >= 11 is 1.81. The van der Waals surface area contributed by atoms with Crippen molar-refractivity contribution in [3.8, 4) is 0 Å². The number of thiophene rings is 1. The van der Waals surface area contributed by atoms with Gasteiger partial charge in [0, 0.05) is 59.1 Å². The molecular weight excluding hydrogens is 384 g/mol. The number of rotatable bonds is 4. The minimum atomic E-state index is 0.249. The Morgan fingerprint density at radius 1 is 1.24 bits per heavy atom. The summed E-state index contributed by atoms with van der Waals surface area (Å²) in [7, 11) is 1.86.